The first-order valence-electron chi connectivity index (χ1n) is 2.91. The zero-order valence-corrected chi connectivity index (χ0v) is 6.49. The first kappa shape index (κ1) is 8.61. The van der Waals surface area contributed by atoms with Crippen molar-refractivity contribution in [3.63, 3.8) is 0 Å². The van der Waals surface area contributed by atoms with Gasteiger partial charge in [0, 0.05) is 0 Å². The number of phenolic OH excluding ortho intramolecular Hbond substituents is 1. The van der Waals surface area contributed by atoms with Gasteiger partial charge in [-0.2, -0.15) is 0 Å². The van der Waals surface area contributed by atoms with Gasteiger partial charge in [-0.1, -0.05) is 17.7 Å². The molecule has 0 aliphatic heterocycles. The molecule has 64 valence electrons. The van der Waals surface area contributed by atoms with Crippen molar-refractivity contribution in [1.29, 1.82) is 0 Å². The van der Waals surface area contributed by atoms with Gasteiger partial charge in [-0.3, -0.25) is 4.84 Å². The zero-order valence-electron chi connectivity index (χ0n) is 5.73. The van der Waals surface area contributed by atoms with Crippen molar-refractivity contribution in [2.24, 2.45) is 0 Å². The van der Waals surface area contributed by atoms with E-state index >= 15 is 0 Å². The molecule has 1 rings (SSSR count). The van der Waals surface area contributed by atoms with Crippen LogP contribution in [0.25, 0.3) is 0 Å². The summed E-state index contributed by atoms with van der Waals surface area (Å²) in [5.74, 6) is -0.433. The van der Waals surface area contributed by atoms with Crippen LogP contribution in [0.2, 0.25) is 5.02 Å². The lowest BCUT2D eigenvalue weighted by molar-refractivity contribution is -0.711. The third kappa shape index (κ3) is 1.76. The quantitative estimate of drug-likeness (QED) is 0.567. The Labute approximate surface area is 72.2 Å². The van der Waals surface area contributed by atoms with Gasteiger partial charge >= 0.3 is 0 Å². The van der Waals surface area contributed by atoms with E-state index in [0.717, 1.165) is 0 Å². The Morgan fingerprint density at radius 2 is 2.25 bits per heavy atom. The summed E-state index contributed by atoms with van der Waals surface area (Å²) in [6.07, 6.45) is 0. The Morgan fingerprint density at radius 3 is 2.83 bits per heavy atom. The molecule has 0 aliphatic rings. The molecule has 0 amide bonds. The third-order valence-corrected chi connectivity index (χ3v) is 1.50. The lowest BCUT2D eigenvalue weighted by Crippen LogP contribution is -2.03. The molecule has 5 nitrogen and oxygen atoms in total. The van der Waals surface area contributed by atoms with Gasteiger partial charge in [0.1, 0.15) is 16.5 Å². The maximum Gasteiger partial charge on any atom is 0.299 e. The smallest absolute Gasteiger partial charge is 0.299 e. The summed E-state index contributed by atoms with van der Waals surface area (Å²) in [5.41, 5.74) is 0. The van der Waals surface area contributed by atoms with E-state index in [1.54, 1.807) is 0 Å². The van der Waals surface area contributed by atoms with Crippen LogP contribution in [0.15, 0.2) is 18.2 Å². The third-order valence-electron chi connectivity index (χ3n) is 1.12. The standard InChI is InChI=1S/C6H4ClNO4/c7-6-4(9)2-1-3-5(6)12-8(10)11/h1-3,9H. The fourth-order valence-electron chi connectivity index (χ4n) is 0.650. The highest BCUT2D eigenvalue weighted by atomic mass is 35.5. The molecular formula is C6H4ClNO4. The molecule has 0 bridgehead atoms. The van der Waals surface area contributed by atoms with Crippen molar-refractivity contribution >= 4 is 11.6 Å². The van der Waals surface area contributed by atoms with Gasteiger partial charge in [0.15, 0.2) is 0 Å². The Morgan fingerprint density at radius 1 is 1.58 bits per heavy atom. The molecule has 1 N–H and O–H groups in total. The summed E-state index contributed by atoms with van der Waals surface area (Å²) in [5, 5.41) is 17.7. The minimum atomic E-state index is -0.999. The van der Waals surface area contributed by atoms with Gasteiger partial charge in [0.05, 0.1) is 0 Å². The minimum Gasteiger partial charge on any atom is -0.506 e. The summed E-state index contributed by atoms with van der Waals surface area (Å²) >= 11 is 5.46. The second kappa shape index (κ2) is 3.27. The SMILES string of the molecule is O=[N+]([O-])Oc1cccc(O)c1Cl. The van der Waals surface area contributed by atoms with Crippen LogP contribution < -0.4 is 4.84 Å². The second-order valence-corrected chi connectivity index (χ2v) is 2.28. The van der Waals surface area contributed by atoms with E-state index in [2.05, 4.69) is 4.84 Å². The molecule has 0 aromatic heterocycles. The van der Waals surface area contributed by atoms with Crippen LogP contribution in [0.5, 0.6) is 11.5 Å². The molecule has 12 heavy (non-hydrogen) atoms. The molecule has 1 aromatic rings. The number of nitrogens with zero attached hydrogens (tertiary/aromatic N) is 1. The summed E-state index contributed by atoms with van der Waals surface area (Å²) in [7, 11) is 0. The van der Waals surface area contributed by atoms with Crippen molar-refractivity contribution in [1.82, 2.24) is 0 Å². The molecule has 6 heteroatoms. The number of aromatic hydroxyl groups is 1. The highest BCUT2D eigenvalue weighted by Crippen LogP contribution is 2.32. The fraction of sp³-hybridized carbons (Fsp3) is 0. The predicted molar refractivity (Wildman–Crippen MR) is 40.7 cm³/mol. The van der Waals surface area contributed by atoms with Crippen molar-refractivity contribution in [2.45, 2.75) is 0 Å². The average Bonchev–Trinajstić information content (AvgIpc) is 1.98. The molecule has 1 aromatic carbocycles. The number of benzene rings is 1. The monoisotopic (exact) mass is 189 g/mol. The summed E-state index contributed by atoms with van der Waals surface area (Å²) in [4.78, 5) is 13.9. The van der Waals surface area contributed by atoms with E-state index in [0.29, 0.717) is 0 Å². The molecule has 0 aliphatic carbocycles. The lowest BCUT2D eigenvalue weighted by Gasteiger charge is -2.01. The molecule has 0 heterocycles. The van der Waals surface area contributed by atoms with Gasteiger partial charge in [-0.25, -0.2) is 0 Å². The van der Waals surface area contributed by atoms with E-state index < -0.39 is 5.09 Å². The van der Waals surface area contributed by atoms with Crippen LogP contribution in [0.3, 0.4) is 0 Å². The van der Waals surface area contributed by atoms with Gasteiger partial charge in [-0.15, -0.1) is 10.1 Å². The second-order valence-electron chi connectivity index (χ2n) is 1.90. The van der Waals surface area contributed by atoms with Crippen molar-refractivity contribution < 1.29 is 15.0 Å². The van der Waals surface area contributed by atoms with Crippen molar-refractivity contribution in [3.8, 4) is 11.5 Å². The van der Waals surface area contributed by atoms with Gasteiger partial charge < -0.3 is 5.11 Å². The van der Waals surface area contributed by atoms with E-state index in [9.17, 15) is 10.1 Å². The predicted octanol–water partition coefficient (Wildman–Crippen LogP) is 1.62. The molecular weight excluding hydrogens is 186 g/mol. The topological polar surface area (TPSA) is 72.6 Å². The number of halogens is 1. The Balaban J connectivity index is 3.00. The highest BCUT2D eigenvalue weighted by Gasteiger charge is 2.07. The molecule has 0 atom stereocenters. The first-order chi connectivity index (χ1) is 5.61. The van der Waals surface area contributed by atoms with Gasteiger partial charge in [0.25, 0.3) is 5.09 Å². The Kier molecular flexibility index (Phi) is 2.35. The van der Waals surface area contributed by atoms with Crippen molar-refractivity contribution in [2.75, 3.05) is 0 Å². The molecule has 0 radical (unpaired) electrons. The molecule has 0 saturated heterocycles. The highest BCUT2D eigenvalue weighted by molar-refractivity contribution is 6.33. The van der Waals surface area contributed by atoms with Crippen LogP contribution in [-0.4, -0.2) is 10.2 Å². The van der Waals surface area contributed by atoms with Crippen LogP contribution in [-0.2, 0) is 0 Å². The van der Waals surface area contributed by atoms with Crippen molar-refractivity contribution in [3.05, 3.63) is 33.3 Å². The van der Waals surface area contributed by atoms with E-state index in [1.807, 2.05) is 0 Å². The fourth-order valence-corrected chi connectivity index (χ4v) is 0.811. The van der Waals surface area contributed by atoms with Crippen LogP contribution in [0.4, 0.5) is 0 Å². The van der Waals surface area contributed by atoms with Crippen LogP contribution in [0, 0.1) is 10.1 Å². The number of rotatable bonds is 2. The normalized spacial score (nSPS) is 9.42. The first-order valence-corrected chi connectivity index (χ1v) is 3.29. The van der Waals surface area contributed by atoms with Gasteiger partial charge in [-0.05, 0) is 12.1 Å². The molecule has 0 unspecified atom stereocenters. The largest absolute Gasteiger partial charge is 0.506 e. The molecule has 0 saturated carbocycles. The summed E-state index contributed by atoms with van der Waals surface area (Å²) in [6, 6.07) is 3.97. The molecule has 0 spiro atoms. The summed E-state index contributed by atoms with van der Waals surface area (Å²) < 4.78 is 0. The van der Waals surface area contributed by atoms with Crippen LogP contribution >= 0.6 is 11.6 Å². The summed E-state index contributed by atoms with van der Waals surface area (Å²) in [6.45, 7) is 0. The zero-order chi connectivity index (χ0) is 9.14. The Hall–Kier alpha value is -1.49. The number of phenols is 1. The maximum absolute atomic E-state index is 9.88. The lowest BCUT2D eigenvalue weighted by atomic mass is 10.3. The van der Waals surface area contributed by atoms with Crippen LogP contribution in [0.1, 0.15) is 0 Å². The van der Waals surface area contributed by atoms with E-state index in [1.165, 1.54) is 18.2 Å². The maximum atomic E-state index is 9.88. The number of hydrogen-bond donors (Lipinski definition) is 1. The Bertz CT molecular complexity index is 314. The van der Waals surface area contributed by atoms with E-state index in [-0.39, 0.29) is 16.5 Å². The minimum absolute atomic E-state index is 0.172. The average molecular weight is 190 g/mol. The van der Waals surface area contributed by atoms with E-state index in [4.69, 9.17) is 16.7 Å². The molecule has 0 fully saturated rings. The van der Waals surface area contributed by atoms with Gasteiger partial charge in [0.2, 0.25) is 0 Å². The number of hydrogen-bond acceptors (Lipinski definition) is 4.